The smallest absolute Gasteiger partial charge is 0.178 e. The van der Waals surface area contributed by atoms with Gasteiger partial charge >= 0.3 is 0 Å². The van der Waals surface area contributed by atoms with Gasteiger partial charge in [0, 0.05) is 44.5 Å². The number of allylic oxidation sites excluding steroid dienone is 4. The van der Waals surface area contributed by atoms with Gasteiger partial charge < -0.3 is 14.7 Å². The SMILES string of the molecule is C=C1C=CC(N2CCN(C)CC2)=CN1/C(=C\C(C)C)C(=O)CC. The van der Waals surface area contributed by atoms with Crippen molar-refractivity contribution in [3.05, 3.63) is 48.1 Å². The molecule has 0 aromatic rings. The van der Waals surface area contributed by atoms with Gasteiger partial charge in [-0.1, -0.05) is 33.4 Å². The molecule has 1 fully saturated rings. The fourth-order valence-electron chi connectivity index (χ4n) is 2.80. The molecule has 0 bridgehead atoms. The van der Waals surface area contributed by atoms with Crippen LogP contribution in [0.4, 0.5) is 0 Å². The minimum atomic E-state index is 0.157. The molecule has 2 aliphatic rings. The standard InChI is InChI=1S/C19H29N3O/c1-6-19(23)18(13-15(2)3)22-14-17(8-7-16(22)4)21-11-9-20(5)10-12-21/h7-8,13-15H,4,6,9-12H2,1-3,5H3/b18-13-. The first-order chi connectivity index (χ1) is 10.9. The van der Waals surface area contributed by atoms with Crippen LogP contribution in [-0.4, -0.2) is 53.7 Å². The van der Waals surface area contributed by atoms with E-state index in [1.165, 1.54) is 0 Å². The maximum absolute atomic E-state index is 12.4. The molecule has 2 aliphatic heterocycles. The van der Waals surface area contributed by atoms with Crippen LogP contribution in [0.2, 0.25) is 0 Å². The van der Waals surface area contributed by atoms with Gasteiger partial charge in [-0.25, -0.2) is 0 Å². The van der Waals surface area contributed by atoms with Gasteiger partial charge in [-0.15, -0.1) is 0 Å². The van der Waals surface area contributed by atoms with E-state index in [9.17, 15) is 4.79 Å². The average molecular weight is 315 g/mol. The lowest BCUT2D eigenvalue weighted by Crippen LogP contribution is -2.44. The number of hydrogen-bond acceptors (Lipinski definition) is 4. The number of carbonyl (C=O) groups excluding carboxylic acids is 1. The molecule has 0 radical (unpaired) electrons. The summed E-state index contributed by atoms with van der Waals surface area (Å²) in [5.41, 5.74) is 2.74. The van der Waals surface area contributed by atoms with Gasteiger partial charge in [0.25, 0.3) is 0 Å². The molecule has 4 heteroatoms. The van der Waals surface area contributed by atoms with Crippen LogP contribution in [0.1, 0.15) is 27.2 Å². The lowest BCUT2D eigenvalue weighted by molar-refractivity contribution is -0.116. The van der Waals surface area contributed by atoms with Crippen molar-refractivity contribution in [1.82, 2.24) is 14.7 Å². The Morgan fingerprint density at radius 2 is 1.91 bits per heavy atom. The number of ketones is 1. The van der Waals surface area contributed by atoms with E-state index in [0.29, 0.717) is 12.3 Å². The molecule has 0 aromatic carbocycles. The number of carbonyl (C=O) groups is 1. The predicted molar refractivity (Wildman–Crippen MR) is 95.5 cm³/mol. The van der Waals surface area contributed by atoms with E-state index in [4.69, 9.17) is 0 Å². The zero-order valence-electron chi connectivity index (χ0n) is 14.9. The monoisotopic (exact) mass is 315 g/mol. The second kappa shape index (κ2) is 7.64. The van der Waals surface area contributed by atoms with Crippen LogP contribution in [0.3, 0.4) is 0 Å². The van der Waals surface area contributed by atoms with E-state index in [-0.39, 0.29) is 5.78 Å². The maximum atomic E-state index is 12.4. The molecule has 0 aromatic heterocycles. The van der Waals surface area contributed by atoms with Crippen molar-refractivity contribution in [3.63, 3.8) is 0 Å². The Bertz CT molecular complexity index is 549. The van der Waals surface area contributed by atoms with Crippen molar-refractivity contribution >= 4 is 5.78 Å². The molecule has 0 N–H and O–H groups in total. The predicted octanol–water partition coefficient (Wildman–Crippen LogP) is 2.98. The van der Waals surface area contributed by atoms with Crippen LogP contribution in [-0.2, 0) is 4.79 Å². The molecule has 2 rings (SSSR count). The van der Waals surface area contributed by atoms with Crippen LogP contribution >= 0.6 is 0 Å². The summed E-state index contributed by atoms with van der Waals surface area (Å²) in [7, 11) is 2.15. The number of Topliss-reactive ketones (excluding diaryl/α,β-unsaturated/α-hetero) is 1. The zero-order valence-corrected chi connectivity index (χ0v) is 14.9. The summed E-state index contributed by atoms with van der Waals surface area (Å²) in [5, 5.41) is 0. The molecule has 0 amide bonds. The highest BCUT2D eigenvalue weighted by Crippen LogP contribution is 2.25. The highest BCUT2D eigenvalue weighted by Gasteiger charge is 2.22. The molecule has 23 heavy (non-hydrogen) atoms. The molecule has 0 atom stereocenters. The molecular weight excluding hydrogens is 286 g/mol. The first-order valence-electron chi connectivity index (χ1n) is 8.49. The number of nitrogens with zero attached hydrogens (tertiary/aromatic N) is 3. The quantitative estimate of drug-likeness (QED) is 0.729. The second-order valence-corrected chi connectivity index (χ2v) is 6.61. The van der Waals surface area contributed by atoms with Gasteiger partial charge in [-0.05, 0) is 25.1 Å². The minimum absolute atomic E-state index is 0.157. The summed E-state index contributed by atoms with van der Waals surface area (Å²) in [6.45, 7) is 14.4. The Balaban J connectivity index is 2.27. The van der Waals surface area contributed by atoms with Gasteiger partial charge in [0.05, 0.1) is 11.4 Å². The van der Waals surface area contributed by atoms with Crippen molar-refractivity contribution in [2.75, 3.05) is 33.2 Å². The lowest BCUT2D eigenvalue weighted by Gasteiger charge is -2.37. The Morgan fingerprint density at radius 3 is 2.48 bits per heavy atom. The van der Waals surface area contributed by atoms with Gasteiger partial charge in [0.1, 0.15) is 0 Å². The molecule has 2 heterocycles. The summed E-state index contributed by atoms with van der Waals surface area (Å²) in [4.78, 5) is 19.1. The highest BCUT2D eigenvalue weighted by molar-refractivity contribution is 5.95. The van der Waals surface area contributed by atoms with Crippen molar-refractivity contribution in [2.45, 2.75) is 27.2 Å². The van der Waals surface area contributed by atoms with Crippen molar-refractivity contribution < 1.29 is 4.79 Å². The number of piperazine rings is 1. The van der Waals surface area contributed by atoms with E-state index in [1.807, 2.05) is 24.0 Å². The summed E-state index contributed by atoms with van der Waals surface area (Å²) in [5.74, 6) is 0.476. The zero-order chi connectivity index (χ0) is 17.0. The van der Waals surface area contributed by atoms with E-state index >= 15 is 0 Å². The lowest BCUT2D eigenvalue weighted by atomic mass is 10.1. The minimum Gasteiger partial charge on any atom is -0.368 e. The Hall–Kier alpha value is -1.81. The molecule has 0 aliphatic carbocycles. The molecular formula is C19H29N3O. The summed E-state index contributed by atoms with van der Waals surface area (Å²) in [6, 6.07) is 0. The van der Waals surface area contributed by atoms with E-state index < -0.39 is 0 Å². The molecule has 126 valence electrons. The van der Waals surface area contributed by atoms with Crippen molar-refractivity contribution in [1.29, 1.82) is 0 Å². The van der Waals surface area contributed by atoms with Gasteiger partial charge in [0.15, 0.2) is 5.78 Å². The van der Waals surface area contributed by atoms with Gasteiger partial charge in [-0.3, -0.25) is 4.79 Å². The van der Waals surface area contributed by atoms with Crippen LogP contribution in [0.15, 0.2) is 48.1 Å². The molecule has 0 unspecified atom stereocenters. The third-order valence-corrected chi connectivity index (χ3v) is 4.24. The normalized spacial score (nSPS) is 20.3. The number of likely N-dealkylation sites (N-methyl/N-ethyl adjacent to an activating group) is 1. The number of rotatable bonds is 5. The first kappa shape index (κ1) is 17.5. The first-order valence-corrected chi connectivity index (χ1v) is 8.49. The third-order valence-electron chi connectivity index (χ3n) is 4.24. The Kier molecular flexibility index (Phi) is 5.83. The fourth-order valence-corrected chi connectivity index (χ4v) is 2.80. The molecule has 4 nitrogen and oxygen atoms in total. The Labute approximate surface area is 140 Å². The number of hydrogen-bond donors (Lipinski definition) is 0. The highest BCUT2D eigenvalue weighted by atomic mass is 16.1. The average Bonchev–Trinajstić information content (AvgIpc) is 2.53. The maximum Gasteiger partial charge on any atom is 0.178 e. The molecule has 1 saturated heterocycles. The van der Waals surface area contributed by atoms with Crippen LogP contribution in [0.25, 0.3) is 0 Å². The topological polar surface area (TPSA) is 26.8 Å². The third kappa shape index (κ3) is 4.35. The largest absolute Gasteiger partial charge is 0.368 e. The Morgan fingerprint density at radius 1 is 1.26 bits per heavy atom. The van der Waals surface area contributed by atoms with E-state index in [1.54, 1.807) is 0 Å². The summed E-state index contributed by atoms with van der Waals surface area (Å²) >= 11 is 0. The fraction of sp³-hybridized carbons (Fsp3) is 0.526. The van der Waals surface area contributed by atoms with Crippen LogP contribution < -0.4 is 0 Å². The van der Waals surface area contributed by atoms with Crippen molar-refractivity contribution in [2.24, 2.45) is 5.92 Å². The van der Waals surface area contributed by atoms with Crippen LogP contribution in [0.5, 0.6) is 0 Å². The summed E-state index contributed by atoms with van der Waals surface area (Å²) in [6.07, 6.45) is 8.71. The van der Waals surface area contributed by atoms with E-state index in [0.717, 1.165) is 43.3 Å². The van der Waals surface area contributed by atoms with Crippen LogP contribution in [0, 0.1) is 5.92 Å². The second-order valence-electron chi connectivity index (χ2n) is 6.61. The molecule has 0 spiro atoms. The van der Waals surface area contributed by atoms with E-state index in [2.05, 4.69) is 49.5 Å². The van der Waals surface area contributed by atoms with Gasteiger partial charge in [0.2, 0.25) is 0 Å². The van der Waals surface area contributed by atoms with Crippen molar-refractivity contribution in [3.8, 4) is 0 Å². The molecule has 0 saturated carbocycles. The summed E-state index contributed by atoms with van der Waals surface area (Å²) < 4.78 is 0. The van der Waals surface area contributed by atoms with Gasteiger partial charge in [-0.2, -0.15) is 0 Å².